The number of thiazole rings is 1. The molecule has 1 aromatic heterocycles. The lowest BCUT2D eigenvalue weighted by Crippen LogP contribution is -2.26. The van der Waals surface area contributed by atoms with Crippen molar-refractivity contribution in [2.24, 2.45) is 5.92 Å². The monoisotopic (exact) mass is 228 g/mol. The first kappa shape index (κ1) is 12.6. The Morgan fingerprint density at radius 3 is 2.93 bits per heavy atom. The van der Waals surface area contributed by atoms with Crippen molar-refractivity contribution < 1.29 is 4.74 Å². The van der Waals surface area contributed by atoms with E-state index < -0.39 is 0 Å². The van der Waals surface area contributed by atoms with Gasteiger partial charge in [0.1, 0.15) is 0 Å². The number of hydrogen-bond acceptors (Lipinski definition) is 4. The van der Waals surface area contributed by atoms with Gasteiger partial charge in [-0.1, -0.05) is 13.8 Å². The quantitative estimate of drug-likeness (QED) is 0.778. The largest absolute Gasteiger partial charge is 0.385 e. The molecule has 2 unspecified atom stereocenters. The molecule has 0 saturated heterocycles. The molecule has 1 heterocycles. The van der Waals surface area contributed by atoms with Crippen molar-refractivity contribution >= 4 is 11.3 Å². The fourth-order valence-electron chi connectivity index (χ4n) is 1.65. The predicted octanol–water partition coefficient (Wildman–Crippen LogP) is 2.47. The Labute approximate surface area is 95.9 Å². The molecule has 1 aromatic rings. The van der Waals surface area contributed by atoms with Gasteiger partial charge in [0.05, 0.1) is 5.51 Å². The highest BCUT2D eigenvalue weighted by Crippen LogP contribution is 2.26. The summed E-state index contributed by atoms with van der Waals surface area (Å²) in [6.45, 7) is 6.20. The summed E-state index contributed by atoms with van der Waals surface area (Å²) in [6, 6.07) is 0.414. The van der Waals surface area contributed by atoms with E-state index in [1.54, 1.807) is 18.4 Å². The second kappa shape index (κ2) is 6.93. The van der Waals surface area contributed by atoms with Crippen LogP contribution < -0.4 is 5.32 Å². The molecule has 15 heavy (non-hydrogen) atoms. The maximum atomic E-state index is 5.12. The highest BCUT2D eigenvalue weighted by atomic mass is 32.1. The molecule has 0 radical (unpaired) electrons. The number of hydrogen-bond donors (Lipinski definition) is 1. The maximum Gasteiger partial charge on any atom is 0.0794 e. The predicted molar refractivity (Wildman–Crippen MR) is 64.2 cm³/mol. The Hall–Kier alpha value is -0.450. The molecule has 4 heteroatoms. The van der Waals surface area contributed by atoms with Crippen molar-refractivity contribution in [3.05, 3.63) is 16.6 Å². The van der Waals surface area contributed by atoms with Gasteiger partial charge in [-0.25, -0.2) is 0 Å². The smallest absolute Gasteiger partial charge is 0.0794 e. The third-order valence-corrected chi connectivity index (χ3v) is 3.39. The molecule has 1 N–H and O–H groups in total. The van der Waals surface area contributed by atoms with E-state index in [0.29, 0.717) is 12.0 Å². The molecule has 0 aliphatic carbocycles. The van der Waals surface area contributed by atoms with Crippen molar-refractivity contribution in [2.45, 2.75) is 26.3 Å². The first-order chi connectivity index (χ1) is 7.29. The number of methoxy groups -OCH3 is 1. The molecule has 0 fully saturated rings. The Morgan fingerprint density at radius 1 is 1.60 bits per heavy atom. The maximum absolute atomic E-state index is 5.12. The molecular formula is C11H20N2OS. The van der Waals surface area contributed by atoms with Crippen LogP contribution in [0.5, 0.6) is 0 Å². The third-order valence-electron chi connectivity index (χ3n) is 2.53. The lowest BCUT2D eigenvalue weighted by atomic mass is 9.97. The summed E-state index contributed by atoms with van der Waals surface area (Å²) in [5.74, 6) is 0.574. The Bertz CT molecular complexity index is 251. The molecule has 86 valence electrons. The van der Waals surface area contributed by atoms with Gasteiger partial charge in [-0.3, -0.25) is 4.98 Å². The molecule has 0 bridgehead atoms. The van der Waals surface area contributed by atoms with E-state index >= 15 is 0 Å². The number of nitrogens with zero attached hydrogens (tertiary/aromatic N) is 1. The normalized spacial score (nSPS) is 15.1. The van der Waals surface area contributed by atoms with Crippen molar-refractivity contribution in [1.29, 1.82) is 0 Å². The summed E-state index contributed by atoms with van der Waals surface area (Å²) in [5, 5.41) is 3.51. The van der Waals surface area contributed by atoms with Gasteiger partial charge in [0, 0.05) is 30.8 Å². The second-order valence-corrected chi connectivity index (χ2v) is 4.62. The summed E-state index contributed by atoms with van der Waals surface area (Å²) >= 11 is 1.72. The van der Waals surface area contributed by atoms with Crippen molar-refractivity contribution in [2.75, 3.05) is 20.3 Å². The molecule has 0 aliphatic heterocycles. The van der Waals surface area contributed by atoms with E-state index in [4.69, 9.17) is 4.74 Å². The zero-order valence-corrected chi connectivity index (χ0v) is 10.5. The van der Waals surface area contributed by atoms with Gasteiger partial charge >= 0.3 is 0 Å². The van der Waals surface area contributed by atoms with Crippen molar-refractivity contribution in [1.82, 2.24) is 10.3 Å². The van der Waals surface area contributed by atoms with E-state index in [2.05, 4.69) is 24.1 Å². The van der Waals surface area contributed by atoms with Gasteiger partial charge in [0.25, 0.3) is 0 Å². The fourth-order valence-corrected chi connectivity index (χ4v) is 2.48. The fraction of sp³-hybridized carbons (Fsp3) is 0.727. The number of rotatable bonds is 7. The number of ether oxygens (including phenoxy) is 1. The van der Waals surface area contributed by atoms with Crippen LogP contribution in [-0.2, 0) is 4.74 Å². The van der Waals surface area contributed by atoms with Crippen LogP contribution in [0.15, 0.2) is 11.7 Å². The summed E-state index contributed by atoms with van der Waals surface area (Å²) in [7, 11) is 1.75. The summed E-state index contributed by atoms with van der Waals surface area (Å²) in [4.78, 5) is 5.46. The van der Waals surface area contributed by atoms with Gasteiger partial charge in [-0.15, -0.1) is 11.3 Å². The lowest BCUT2D eigenvalue weighted by Gasteiger charge is -2.23. The third kappa shape index (κ3) is 3.89. The Morgan fingerprint density at radius 2 is 2.40 bits per heavy atom. The van der Waals surface area contributed by atoms with Crippen LogP contribution in [0, 0.1) is 5.92 Å². The molecule has 0 aliphatic rings. The average molecular weight is 228 g/mol. The van der Waals surface area contributed by atoms with E-state index in [1.807, 2.05) is 11.7 Å². The first-order valence-electron chi connectivity index (χ1n) is 5.40. The average Bonchev–Trinajstić information content (AvgIpc) is 2.75. The van der Waals surface area contributed by atoms with Crippen molar-refractivity contribution in [3.63, 3.8) is 0 Å². The zero-order valence-electron chi connectivity index (χ0n) is 9.69. The second-order valence-electron chi connectivity index (χ2n) is 3.70. The molecule has 2 atom stereocenters. The summed E-state index contributed by atoms with van der Waals surface area (Å²) in [5.41, 5.74) is 1.89. The molecular weight excluding hydrogens is 208 g/mol. The first-order valence-corrected chi connectivity index (χ1v) is 6.28. The molecule has 0 amide bonds. The van der Waals surface area contributed by atoms with E-state index in [1.165, 1.54) is 4.88 Å². The van der Waals surface area contributed by atoms with E-state index in [0.717, 1.165) is 19.6 Å². The van der Waals surface area contributed by atoms with Crippen LogP contribution in [0.2, 0.25) is 0 Å². The lowest BCUT2D eigenvalue weighted by molar-refractivity contribution is 0.171. The Balaban J connectivity index is 2.57. The molecule has 0 aromatic carbocycles. The molecule has 1 rings (SSSR count). The highest BCUT2D eigenvalue weighted by Gasteiger charge is 2.19. The van der Waals surface area contributed by atoms with Crippen LogP contribution in [0.4, 0.5) is 0 Å². The number of nitrogens with one attached hydrogen (secondary N) is 1. The SMILES string of the molecule is CCNC(c1cncs1)C(C)CCOC. The highest BCUT2D eigenvalue weighted by molar-refractivity contribution is 7.09. The Kier molecular flexibility index (Phi) is 5.83. The van der Waals surface area contributed by atoms with Gasteiger partial charge in [-0.05, 0) is 18.9 Å². The zero-order chi connectivity index (χ0) is 11.1. The van der Waals surface area contributed by atoms with Crippen molar-refractivity contribution in [3.8, 4) is 0 Å². The molecule has 3 nitrogen and oxygen atoms in total. The number of aromatic nitrogens is 1. The molecule has 0 saturated carbocycles. The van der Waals surface area contributed by atoms with Gasteiger partial charge in [-0.2, -0.15) is 0 Å². The van der Waals surface area contributed by atoms with Crippen LogP contribution in [0.1, 0.15) is 31.2 Å². The summed E-state index contributed by atoms with van der Waals surface area (Å²) in [6.07, 6.45) is 3.04. The van der Waals surface area contributed by atoms with Gasteiger partial charge in [0.15, 0.2) is 0 Å². The van der Waals surface area contributed by atoms with Crippen LogP contribution in [-0.4, -0.2) is 25.2 Å². The minimum atomic E-state index is 0.414. The van der Waals surface area contributed by atoms with Crippen LogP contribution >= 0.6 is 11.3 Å². The van der Waals surface area contributed by atoms with Gasteiger partial charge < -0.3 is 10.1 Å². The van der Waals surface area contributed by atoms with Crippen LogP contribution in [0.25, 0.3) is 0 Å². The van der Waals surface area contributed by atoms with Crippen LogP contribution in [0.3, 0.4) is 0 Å². The minimum absolute atomic E-state index is 0.414. The minimum Gasteiger partial charge on any atom is -0.385 e. The topological polar surface area (TPSA) is 34.2 Å². The molecule has 0 spiro atoms. The van der Waals surface area contributed by atoms with E-state index in [-0.39, 0.29) is 0 Å². The van der Waals surface area contributed by atoms with E-state index in [9.17, 15) is 0 Å². The standard InChI is InChI=1S/C11H20N2OS/c1-4-13-11(9(2)5-6-14-3)10-7-12-8-15-10/h7-9,11,13H,4-6H2,1-3H3. The summed E-state index contributed by atoms with van der Waals surface area (Å²) < 4.78 is 5.12. The van der Waals surface area contributed by atoms with Gasteiger partial charge in [0.2, 0.25) is 0 Å².